The zero-order valence-electron chi connectivity index (χ0n) is 12.7. The van der Waals surface area contributed by atoms with Crippen molar-refractivity contribution in [2.24, 2.45) is 11.8 Å². The largest absolute Gasteiger partial charge is 0.481 e. The van der Waals surface area contributed by atoms with Gasteiger partial charge >= 0.3 is 5.97 Å². The van der Waals surface area contributed by atoms with E-state index in [-0.39, 0.29) is 30.3 Å². The van der Waals surface area contributed by atoms with Gasteiger partial charge in [-0.2, -0.15) is 0 Å². The summed E-state index contributed by atoms with van der Waals surface area (Å²) in [6.45, 7) is 5.01. The Morgan fingerprint density at radius 3 is 2.45 bits per heavy atom. The van der Waals surface area contributed by atoms with Crippen molar-refractivity contribution >= 4 is 11.9 Å². The smallest absolute Gasteiger partial charge is 0.306 e. The Balaban J connectivity index is 2.28. The third-order valence-corrected chi connectivity index (χ3v) is 4.27. The summed E-state index contributed by atoms with van der Waals surface area (Å²) in [5, 5.41) is 15.3. The van der Waals surface area contributed by atoms with Crippen LogP contribution < -0.4 is 10.6 Å². The predicted octanol–water partition coefficient (Wildman–Crippen LogP) is 1.77. The molecule has 1 amide bonds. The molecule has 0 aliphatic heterocycles. The second-order valence-corrected chi connectivity index (χ2v) is 5.70. The van der Waals surface area contributed by atoms with E-state index in [4.69, 9.17) is 0 Å². The molecule has 0 spiro atoms. The Labute approximate surface area is 121 Å². The third-order valence-electron chi connectivity index (χ3n) is 4.27. The van der Waals surface area contributed by atoms with Crippen LogP contribution in [0.4, 0.5) is 0 Å². The minimum atomic E-state index is -0.696. The molecule has 1 rings (SSSR count). The monoisotopic (exact) mass is 284 g/mol. The molecule has 1 fully saturated rings. The Morgan fingerprint density at radius 1 is 1.20 bits per heavy atom. The topological polar surface area (TPSA) is 78.4 Å². The highest BCUT2D eigenvalue weighted by atomic mass is 16.4. The van der Waals surface area contributed by atoms with Gasteiger partial charge in [0.05, 0.1) is 12.5 Å². The Hall–Kier alpha value is -1.10. The van der Waals surface area contributed by atoms with Crippen molar-refractivity contribution in [1.82, 2.24) is 10.6 Å². The fourth-order valence-corrected chi connectivity index (χ4v) is 2.92. The van der Waals surface area contributed by atoms with Crippen LogP contribution in [-0.2, 0) is 9.59 Å². The molecule has 0 aromatic heterocycles. The summed E-state index contributed by atoms with van der Waals surface area (Å²) in [5.74, 6) is -0.792. The molecule has 3 N–H and O–H groups in total. The van der Waals surface area contributed by atoms with E-state index in [1.165, 1.54) is 0 Å². The van der Waals surface area contributed by atoms with Gasteiger partial charge < -0.3 is 15.7 Å². The van der Waals surface area contributed by atoms with Gasteiger partial charge in [0, 0.05) is 6.04 Å². The van der Waals surface area contributed by atoms with Crippen LogP contribution in [0.2, 0.25) is 0 Å². The standard InChI is InChI=1S/C15H28N2O3/c1-3-12(4-2)17-14(18)10-16-9-11-7-5-6-8-13(11)15(19)20/h11-13,16H,3-10H2,1-2H3,(H,17,18)(H,19,20). The molecule has 116 valence electrons. The van der Waals surface area contributed by atoms with Gasteiger partial charge in [0.25, 0.3) is 0 Å². The van der Waals surface area contributed by atoms with Crippen molar-refractivity contribution < 1.29 is 14.7 Å². The first-order valence-electron chi connectivity index (χ1n) is 7.81. The maximum atomic E-state index is 11.7. The van der Waals surface area contributed by atoms with Gasteiger partial charge in [-0.15, -0.1) is 0 Å². The van der Waals surface area contributed by atoms with Gasteiger partial charge in [0.15, 0.2) is 0 Å². The van der Waals surface area contributed by atoms with Crippen LogP contribution in [0.1, 0.15) is 52.4 Å². The second-order valence-electron chi connectivity index (χ2n) is 5.70. The van der Waals surface area contributed by atoms with E-state index in [2.05, 4.69) is 24.5 Å². The van der Waals surface area contributed by atoms with Crippen LogP contribution in [0.25, 0.3) is 0 Å². The van der Waals surface area contributed by atoms with E-state index >= 15 is 0 Å². The zero-order chi connectivity index (χ0) is 15.0. The molecule has 1 aliphatic rings. The maximum absolute atomic E-state index is 11.7. The van der Waals surface area contributed by atoms with Crippen LogP contribution in [0, 0.1) is 11.8 Å². The van der Waals surface area contributed by atoms with Crippen LogP contribution in [-0.4, -0.2) is 36.1 Å². The fraction of sp³-hybridized carbons (Fsp3) is 0.867. The van der Waals surface area contributed by atoms with Crippen LogP contribution >= 0.6 is 0 Å². The average Bonchev–Trinajstić information content (AvgIpc) is 2.45. The van der Waals surface area contributed by atoms with E-state index in [0.717, 1.165) is 38.5 Å². The summed E-state index contributed by atoms with van der Waals surface area (Å²) < 4.78 is 0. The van der Waals surface area contributed by atoms with E-state index < -0.39 is 5.97 Å². The number of carbonyl (C=O) groups excluding carboxylic acids is 1. The van der Waals surface area contributed by atoms with Crippen molar-refractivity contribution in [1.29, 1.82) is 0 Å². The highest BCUT2D eigenvalue weighted by Crippen LogP contribution is 2.29. The molecule has 5 nitrogen and oxygen atoms in total. The number of hydrogen-bond acceptors (Lipinski definition) is 3. The molecule has 2 atom stereocenters. The summed E-state index contributed by atoms with van der Waals surface area (Å²) in [5.41, 5.74) is 0. The molecule has 0 aromatic carbocycles. The lowest BCUT2D eigenvalue weighted by Gasteiger charge is -2.28. The van der Waals surface area contributed by atoms with E-state index in [1.54, 1.807) is 0 Å². The summed E-state index contributed by atoms with van der Waals surface area (Å²) in [6.07, 6.45) is 5.68. The lowest BCUT2D eigenvalue weighted by Crippen LogP contribution is -2.42. The lowest BCUT2D eigenvalue weighted by molar-refractivity contribution is -0.144. The number of nitrogens with one attached hydrogen (secondary N) is 2. The second kappa shape index (κ2) is 8.95. The van der Waals surface area contributed by atoms with Gasteiger partial charge in [0.2, 0.25) is 5.91 Å². The first kappa shape index (κ1) is 17.0. The zero-order valence-corrected chi connectivity index (χ0v) is 12.7. The number of carboxylic acids is 1. The van der Waals surface area contributed by atoms with Crippen molar-refractivity contribution in [2.45, 2.75) is 58.4 Å². The molecule has 1 aliphatic carbocycles. The van der Waals surface area contributed by atoms with Crippen molar-refractivity contribution in [2.75, 3.05) is 13.1 Å². The van der Waals surface area contributed by atoms with Crippen LogP contribution in [0.15, 0.2) is 0 Å². The molecule has 20 heavy (non-hydrogen) atoms. The Morgan fingerprint density at radius 2 is 1.85 bits per heavy atom. The minimum absolute atomic E-state index is 0.00128. The maximum Gasteiger partial charge on any atom is 0.306 e. The van der Waals surface area contributed by atoms with Crippen molar-refractivity contribution in [3.63, 3.8) is 0 Å². The van der Waals surface area contributed by atoms with Crippen molar-refractivity contribution in [3.8, 4) is 0 Å². The van der Waals surface area contributed by atoms with E-state index in [0.29, 0.717) is 6.54 Å². The first-order chi connectivity index (χ1) is 9.58. The first-order valence-corrected chi connectivity index (χ1v) is 7.81. The summed E-state index contributed by atoms with van der Waals surface area (Å²) in [7, 11) is 0. The highest BCUT2D eigenvalue weighted by Gasteiger charge is 2.30. The molecule has 0 bridgehead atoms. The quantitative estimate of drug-likeness (QED) is 0.635. The van der Waals surface area contributed by atoms with E-state index in [1.807, 2.05) is 0 Å². The van der Waals surface area contributed by atoms with Crippen LogP contribution in [0.5, 0.6) is 0 Å². The van der Waals surface area contributed by atoms with Gasteiger partial charge in [-0.3, -0.25) is 9.59 Å². The molecule has 5 heteroatoms. The molecule has 1 saturated carbocycles. The number of hydrogen-bond donors (Lipinski definition) is 3. The molecular formula is C15H28N2O3. The molecule has 0 heterocycles. The van der Waals surface area contributed by atoms with Gasteiger partial charge in [-0.05, 0) is 38.1 Å². The number of carbonyl (C=O) groups is 2. The molecule has 0 saturated heterocycles. The van der Waals surface area contributed by atoms with Crippen LogP contribution in [0.3, 0.4) is 0 Å². The van der Waals surface area contributed by atoms with Gasteiger partial charge in [-0.25, -0.2) is 0 Å². The third kappa shape index (κ3) is 5.49. The minimum Gasteiger partial charge on any atom is -0.481 e. The number of carboxylic acid groups (broad SMARTS) is 1. The predicted molar refractivity (Wildman–Crippen MR) is 78.5 cm³/mol. The van der Waals surface area contributed by atoms with Gasteiger partial charge in [-0.1, -0.05) is 26.7 Å². The normalized spacial score (nSPS) is 22.8. The lowest BCUT2D eigenvalue weighted by atomic mass is 9.79. The molecule has 0 radical (unpaired) electrons. The van der Waals surface area contributed by atoms with Crippen molar-refractivity contribution in [3.05, 3.63) is 0 Å². The fourth-order valence-electron chi connectivity index (χ4n) is 2.92. The van der Waals surface area contributed by atoms with E-state index in [9.17, 15) is 14.7 Å². The summed E-state index contributed by atoms with van der Waals surface area (Å²) in [6, 6.07) is 0.241. The number of amides is 1. The number of aliphatic carboxylic acids is 1. The van der Waals surface area contributed by atoms with Gasteiger partial charge in [0.1, 0.15) is 0 Å². The number of rotatable bonds is 8. The molecular weight excluding hydrogens is 256 g/mol. The Bertz CT molecular complexity index is 316. The average molecular weight is 284 g/mol. The summed E-state index contributed by atoms with van der Waals surface area (Å²) >= 11 is 0. The highest BCUT2D eigenvalue weighted by molar-refractivity contribution is 5.78. The summed E-state index contributed by atoms with van der Waals surface area (Å²) in [4.78, 5) is 22.9. The molecule has 0 aromatic rings. The Kier molecular flexibility index (Phi) is 7.59. The molecule has 2 unspecified atom stereocenters. The SMILES string of the molecule is CCC(CC)NC(=O)CNCC1CCCCC1C(=O)O.